The van der Waals surface area contributed by atoms with E-state index in [1.54, 1.807) is 13.0 Å². The molecule has 0 aromatic heterocycles. The second-order valence-corrected chi connectivity index (χ2v) is 11.1. The number of hydrogen-bond donors (Lipinski definition) is 6. The number of nitrogens with two attached hydrogens (primary N) is 1. The zero-order valence-corrected chi connectivity index (χ0v) is 22.2. The van der Waals surface area contributed by atoms with Crippen LogP contribution in [0.1, 0.15) is 30.6 Å². The van der Waals surface area contributed by atoms with E-state index in [4.69, 9.17) is 15.6 Å². The summed E-state index contributed by atoms with van der Waals surface area (Å²) in [5.74, 6) is -5.18. The number of aromatic carboxylic acids is 1. The Morgan fingerprint density at radius 3 is 2.62 bits per heavy atom. The molecule has 0 aliphatic carbocycles. The molecule has 7 N–H and O–H groups in total. The summed E-state index contributed by atoms with van der Waals surface area (Å²) in [6, 6.07) is 3.38. The summed E-state index contributed by atoms with van der Waals surface area (Å²) < 4.78 is 5.09. The lowest BCUT2D eigenvalue weighted by atomic mass is 9.86. The highest BCUT2D eigenvalue weighted by Gasteiger charge is 2.48. The van der Waals surface area contributed by atoms with E-state index in [0.29, 0.717) is 24.9 Å². The number of aliphatic imine (C=N–C) groups is 1. The Balaban J connectivity index is 1.67. The first-order chi connectivity index (χ1) is 18.4. The molecule has 2 heterocycles. The summed E-state index contributed by atoms with van der Waals surface area (Å²) in [4.78, 5) is 63.8. The summed E-state index contributed by atoms with van der Waals surface area (Å²) >= 11 is 1.33. The van der Waals surface area contributed by atoms with Gasteiger partial charge in [0.15, 0.2) is 0 Å². The molecule has 3 rings (SSSR count). The standard InChI is InChI=1S/C25H32N4O9S/c1-11-19(18(12(2)31)25(37)38-10-14(26)9-30)29-20(24(35)36)21(11)39-16-7-17(27-8-16)22(32)28-15-5-3-4-13(6-15)23(33)34/h3-6,9,11-12,14,16-19,21,27,31H,7-8,10,26H2,1-2H3,(H,28,32)(H,33,34)(H,35,36)/t11-,12-,14+,16+,17+,18-,19-,21?/m1/s1. The molecule has 39 heavy (non-hydrogen) atoms. The van der Waals surface area contributed by atoms with Crippen LogP contribution in [-0.2, 0) is 23.9 Å². The number of carboxylic acids is 2. The number of hydrogen-bond acceptors (Lipinski definition) is 11. The van der Waals surface area contributed by atoms with Gasteiger partial charge in [-0.2, -0.15) is 0 Å². The number of aldehydes is 1. The number of nitrogens with one attached hydrogen (secondary N) is 2. The molecular weight excluding hydrogens is 532 g/mol. The Kier molecular flexibility index (Phi) is 10.2. The molecule has 2 aliphatic heterocycles. The van der Waals surface area contributed by atoms with Crippen LogP contribution in [0.5, 0.6) is 0 Å². The van der Waals surface area contributed by atoms with Crippen molar-refractivity contribution in [3.8, 4) is 0 Å². The minimum atomic E-state index is -1.25. The summed E-state index contributed by atoms with van der Waals surface area (Å²) in [5, 5.41) is 34.3. The number of aliphatic hydroxyl groups excluding tert-OH is 1. The quantitative estimate of drug-likeness (QED) is 0.143. The number of aliphatic hydroxyl groups is 1. The first kappa shape index (κ1) is 30.2. The van der Waals surface area contributed by atoms with Gasteiger partial charge in [-0.05, 0) is 37.5 Å². The smallest absolute Gasteiger partial charge is 0.350 e. The Bertz CT molecular complexity index is 1140. The minimum Gasteiger partial charge on any atom is -0.478 e. The van der Waals surface area contributed by atoms with E-state index in [-0.39, 0.29) is 29.0 Å². The van der Waals surface area contributed by atoms with Crippen LogP contribution in [0.15, 0.2) is 29.3 Å². The van der Waals surface area contributed by atoms with Crippen molar-refractivity contribution in [1.82, 2.24) is 5.32 Å². The van der Waals surface area contributed by atoms with Crippen molar-refractivity contribution < 1.29 is 44.0 Å². The van der Waals surface area contributed by atoms with Crippen molar-refractivity contribution >= 4 is 53.3 Å². The van der Waals surface area contributed by atoms with Crippen molar-refractivity contribution in [1.29, 1.82) is 0 Å². The SMILES string of the molecule is C[C@@H](O)[C@@H](C(=O)OC[C@@H](N)C=O)[C@@H]1N=C(C(=O)O)C(S[C@@H]2CN[C@H](C(=O)Nc3cccc(C(=O)O)c3)C2)[C@@H]1C. The zero-order chi connectivity index (χ0) is 28.9. The third-order valence-corrected chi connectivity index (χ3v) is 8.36. The van der Waals surface area contributed by atoms with Crippen molar-refractivity contribution in [2.75, 3.05) is 18.5 Å². The number of esters is 1. The van der Waals surface area contributed by atoms with E-state index in [2.05, 4.69) is 15.6 Å². The number of benzene rings is 1. The molecule has 13 nitrogen and oxygen atoms in total. The number of rotatable bonds is 12. The number of carbonyl (C=O) groups excluding carboxylic acids is 3. The fourth-order valence-electron chi connectivity index (χ4n) is 4.66. The minimum absolute atomic E-state index is 0.0387. The summed E-state index contributed by atoms with van der Waals surface area (Å²) in [6.07, 6.45) is -0.408. The van der Waals surface area contributed by atoms with Gasteiger partial charge in [0.25, 0.3) is 0 Å². The first-order valence-electron chi connectivity index (χ1n) is 12.3. The highest BCUT2D eigenvalue weighted by Crippen LogP contribution is 2.40. The molecule has 0 bridgehead atoms. The maximum atomic E-state index is 12.8. The molecule has 1 fully saturated rings. The Morgan fingerprint density at radius 2 is 2.00 bits per heavy atom. The third kappa shape index (κ3) is 7.41. The zero-order valence-electron chi connectivity index (χ0n) is 21.4. The van der Waals surface area contributed by atoms with Crippen LogP contribution >= 0.6 is 11.8 Å². The highest BCUT2D eigenvalue weighted by atomic mass is 32.2. The largest absolute Gasteiger partial charge is 0.478 e. The van der Waals surface area contributed by atoms with Gasteiger partial charge in [-0.3, -0.25) is 14.6 Å². The fraction of sp³-hybridized carbons (Fsp3) is 0.520. The molecule has 8 atom stereocenters. The number of ether oxygens (including phenoxy) is 1. The second kappa shape index (κ2) is 13.2. The number of nitrogens with zero attached hydrogens (tertiary/aromatic N) is 1. The van der Waals surface area contributed by atoms with Crippen molar-refractivity contribution in [3.63, 3.8) is 0 Å². The molecule has 1 aromatic rings. The Hall–Kier alpha value is -3.33. The van der Waals surface area contributed by atoms with Gasteiger partial charge in [0, 0.05) is 17.5 Å². The number of thioether (sulfide) groups is 1. The van der Waals surface area contributed by atoms with Crippen LogP contribution in [0.4, 0.5) is 5.69 Å². The number of carbonyl (C=O) groups is 5. The normalized spacial score (nSPS) is 26.7. The number of carboxylic acid groups (broad SMARTS) is 2. The van der Waals surface area contributed by atoms with Gasteiger partial charge < -0.3 is 41.2 Å². The Morgan fingerprint density at radius 1 is 1.28 bits per heavy atom. The maximum absolute atomic E-state index is 12.8. The van der Waals surface area contributed by atoms with Crippen LogP contribution in [0.3, 0.4) is 0 Å². The lowest BCUT2D eigenvalue weighted by Crippen LogP contribution is -2.42. The molecule has 1 saturated heterocycles. The van der Waals surface area contributed by atoms with Crippen LogP contribution in [-0.4, -0.2) is 99.0 Å². The van der Waals surface area contributed by atoms with Gasteiger partial charge in [-0.25, -0.2) is 9.59 Å². The molecule has 0 radical (unpaired) electrons. The average molecular weight is 565 g/mol. The van der Waals surface area contributed by atoms with E-state index in [1.165, 1.54) is 36.9 Å². The van der Waals surface area contributed by atoms with Crippen LogP contribution in [0.2, 0.25) is 0 Å². The van der Waals surface area contributed by atoms with Gasteiger partial charge in [-0.15, -0.1) is 11.8 Å². The van der Waals surface area contributed by atoms with Gasteiger partial charge in [0.05, 0.1) is 35.0 Å². The number of amides is 1. The predicted octanol–water partition coefficient (Wildman–Crippen LogP) is -0.234. The van der Waals surface area contributed by atoms with Crippen LogP contribution < -0.4 is 16.4 Å². The Labute approximate surface area is 228 Å². The average Bonchev–Trinajstić information content (AvgIpc) is 3.48. The van der Waals surface area contributed by atoms with Gasteiger partial charge in [0.1, 0.15) is 24.5 Å². The monoisotopic (exact) mass is 564 g/mol. The third-order valence-electron chi connectivity index (χ3n) is 6.67. The molecule has 2 aliphatic rings. The molecule has 0 saturated carbocycles. The van der Waals surface area contributed by atoms with Gasteiger partial charge >= 0.3 is 17.9 Å². The molecule has 1 unspecified atom stereocenters. The molecule has 14 heteroatoms. The van der Waals surface area contributed by atoms with E-state index < -0.39 is 59.2 Å². The molecule has 1 amide bonds. The molecule has 1 aromatic carbocycles. The number of anilines is 1. The van der Waals surface area contributed by atoms with Crippen molar-refractivity contribution in [2.45, 2.75) is 55.0 Å². The van der Waals surface area contributed by atoms with Gasteiger partial charge in [0.2, 0.25) is 5.91 Å². The van der Waals surface area contributed by atoms with E-state index >= 15 is 0 Å². The van der Waals surface area contributed by atoms with Gasteiger partial charge in [-0.1, -0.05) is 13.0 Å². The fourth-order valence-corrected chi connectivity index (χ4v) is 6.27. The number of aliphatic carboxylic acids is 1. The van der Waals surface area contributed by atoms with Crippen molar-refractivity contribution in [2.24, 2.45) is 22.6 Å². The lowest BCUT2D eigenvalue weighted by Gasteiger charge is -2.28. The molecular formula is C25H32N4O9S. The summed E-state index contributed by atoms with van der Waals surface area (Å²) in [6.45, 7) is 3.15. The predicted molar refractivity (Wildman–Crippen MR) is 142 cm³/mol. The highest BCUT2D eigenvalue weighted by molar-refractivity contribution is 8.01. The van der Waals surface area contributed by atoms with Crippen LogP contribution in [0, 0.1) is 11.8 Å². The van der Waals surface area contributed by atoms with E-state index in [0.717, 1.165) is 0 Å². The van der Waals surface area contributed by atoms with Crippen LogP contribution in [0.25, 0.3) is 0 Å². The topological polar surface area (TPSA) is 218 Å². The van der Waals surface area contributed by atoms with E-state index in [1.807, 2.05) is 0 Å². The van der Waals surface area contributed by atoms with Crippen molar-refractivity contribution in [3.05, 3.63) is 29.8 Å². The molecule has 0 spiro atoms. The summed E-state index contributed by atoms with van der Waals surface area (Å²) in [5.41, 5.74) is 5.72. The second-order valence-electron chi connectivity index (χ2n) is 9.62. The van der Waals surface area contributed by atoms with E-state index in [9.17, 15) is 34.2 Å². The lowest BCUT2D eigenvalue weighted by molar-refractivity contribution is -0.154. The maximum Gasteiger partial charge on any atom is 0.350 e. The summed E-state index contributed by atoms with van der Waals surface area (Å²) in [7, 11) is 0. The molecule has 212 valence electrons. The first-order valence-corrected chi connectivity index (χ1v) is 13.3.